The Bertz CT molecular complexity index is 935. The molecule has 3 rings (SSSR count). The van der Waals surface area contributed by atoms with Crippen LogP contribution in [-0.2, 0) is 0 Å². The molecular weight excluding hydrogens is 335 g/mol. The zero-order valence-electron chi connectivity index (χ0n) is 14.1. The van der Waals surface area contributed by atoms with Crippen molar-refractivity contribution >= 4 is 17.5 Å². The van der Waals surface area contributed by atoms with E-state index in [1.54, 1.807) is 41.0 Å². The first kappa shape index (κ1) is 17.3. The fraction of sp³-hybridized carbons (Fsp3) is 0.105. The van der Waals surface area contributed by atoms with E-state index in [1.165, 1.54) is 24.7 Å². The van der Waals surface area contributed by atoms with Crippen molar-refractivity contribution in [2.24, 2.45) is 0 Å². The summed E-state index contributed by atoms with van der Waals surface area (Å²) in [6, 6.07) is 12.4. The lowest BCUT2D eigenvalue weighted by atomic mass is 10.2. The van der Waals surface area contributed by atoms with E-state index in [1.807, 2.05) is 6.92 Å². The van der Waals surface area contributed by atoms with E-state index < -0.39 is 0 Å². The van der Waals surface area contributed by atoms with Crippen LogP contribution in [0.15, 0.2) is 61.1 Å². The first-order valence-corrected chi connectivity index (χ1v) is 8.06. The molecule has 1 aromatic heterocycles. The van der Waals surface area contributed by atoms with Gasteiger partial charge < -0.3 is 10.6 Å². The summed E-state index contributed by atoms with van der Waals surface area (Å²) < 4.78 is 14.7. The number of halogens is 1. The fourth-order valence-electron chi connectivity index (χ4n) is 2.47. The Morgan fingerprint density at radius 1 is 1.12 bits per heavy atom. The number of amides is 2. The molecule has 0 aliphatic heterocycles. The molecule has 2 amide bonds. The summed E-state index contributed by atoms with van der Waals surface area (Å²) in [7, 11) is 0. The highest BCUT2D eigenvalue weighted by atomic mass is 19.1. The van der Waals surface area contributed by atoms with Crippen molar-refractivity contribution in [2.75, 3.05) is 11.9 Å². The highest BCUT2D eigenvalue weighted by Gasteiger charge is 2.14. The topological polar surface area (TPSA) is 76.0 Å². The Balaban J connectivity index is 1.81. The second kappa shape index (κ2) is 7.60. The molecule has 7 heteroatoms. The Morgan fingerprint density at radius 3 is 2.62 bits per heavy atom. The van der Waals surface area contributed by atoms with Crippen LogP contribution in [-0.4, -0.2) is 27.9 Å². The average molecular weight is 352 g/mol. The third kappa shape index (κ3) is 3.77. The summed E-state index contributed by atoms with van der Waals surface area (Å²) in [5.74, 6) is -0.957. The molecule has 1 heterocycles. The lowest BCUT2D eigenvalue weighted by molar-refractivity contribution is 0.0954. The molecule has 0 atom stereocenters. The van der Waals surface area contributed by atoms with Gasteiger partial charge in [-0.3, -0.25) is 14.2 Å². The molecule has 0 unspecified atom stereocenters. The maximum atomic E-state index is 13.1. The van der Waals surface area contributed by atoms with E-state index in [9.17, 15) is 14.0 Å². The summed E-state index contributed by atoms with van der Waals surface area (Å²) in [6.45, 7) is 2.35. The summed E-state index contributed by atoms with van der Waals surface area (Å²) in [5, 5.41) is 5.46. The number of anilines is 1. The van der Waals surface area contributed by atoms with Crippen LogP contribution in [0.3, 0.4) is 0 Å². The largest absolute Gasteiger partial charge is 0.352 e. The van der Waals surface area contributed by atoms with Crippen molar-refractivity contribution in [3.63, 3.8) is 0 Å². The summed E-state index contributed by atoms with van der Waals surface area (Å²) in [4.78, 5) is 28.5. The van der Waals surface area contributed by atoms with Crippen LogP contribution in [0.5, 0.6) is 0 Å². The number of rotatable bonds is 5. The molecule has 6 nitrogen and oxygen atoms in total. The number of hydrogen-bond donors (Lipinski definition) is 2. The first-order valence-electron chi connectivity index (χ1n) is 8.06. The van der Waals surface area contributed by atoms with Crippen LogP contribution < -0.4 is 10.6 Å². The third-order valence-corrected chi connectivity index (χ3v) is 3.70. The van der Waals surface area contributed by atoms with Crippen molar-refractivity contribution < 1.29 is 14.0 Å². The summed E-state index contributed by atoms with van der Waals surface area (Å²) in [6.07, 6.45) is 2.90. The van der Waals surface area contributed by atoms with Crippen LogP contribution in [0.4, 0.5) is 10.1 Å². The number of nitrogens with zero attached hydrogens (tertiary/aromatic N) is 2. The molecule has 0 saturated heterocycles. The molecule has 0 aliphatic carbocycles. The van der Waals surface area contributed by atoms with Gasteiger partial charge in [0.05, 0.1) is 12.5 Å². The predicted molar refractivity (Wildman–Crippen MR) is 95.9 cm³/mol. The Morgan fingerprint density at radius 2 is 1.88 bits per heavy atom. The van der Waals surface area contributed by atoms with Crippen molar-refractivity contribution in [1.29, 1.82) is 0 Å². The quantitative estimate of drug-likeness (QED) is 0.741. The zero-order chi connectivity index (χ0) is 18.5. The molecule has 26 heavy (non-hydrogen) atoms. The van der Waals surface area contributed by atoms with Gasteiger partial charge in [0.2, 0.25) is 0 Å². The number of aromatic nitrogens is 2. The maximum absolute atomic E-state index is 13.1. The van der Waals surface area contributed by atoms with Gasteiger partial charge in [0, 0.05) is 23.5 Å². The number of hydrogen-bond acceptors (Lipinski definition) is 3. The Kier molecular flexibility index (Phi) is 5.07. The molecule has 3 aromatic rings. The lowest BCUT2D eigenvalue weighted by Gasteiger charge is -2.10. The van der Waals surface area contributed by atoms with E-state index in [0.29, 0.717) is 29.2 Å². The van der Waals surface area contributed by atoms with Gasteiger partial charge in [-0.15, -0.1) is 0 Å². The molecule has 0 bridgehead atoms. The third-order valence-electron chi connectivity index (χ3n) is 3.70. The molecular formula is C19H17FN4O2. The summed E-state index contributed by atoms with van der Waals surface area (Å²) in [5.41, 5.74) is 1.85. The van der Waals surface area contributed by atoms with Crippen molar-refractivity contribution in [3.05, 3.63) is 78.1 Å². The van der Waals surface area contributed by atoms with Gasteiger partial charge in [-0.2, -0.15) is 0 Å². The van der Waals surface area contributed by atoms with E-state index in [2.05, 4.69) is 15.6 Å². The summed E-state index contributed by atoms with van der Waals surface area (Å²) >= 11 is 0. The van der Waals surface area contributed by atoms with Crippen molar-refractivity contribution in [2.45, 2.75) is 6.92 Å². The van der Waals surface area contributed by atoms with Crippen molar-refractivity contribution in [1.82, 2.24) is 14.9 Å². The predicted octanol–water partition coefficient (Wildman–Crippen LogP) is 3.01. The second-order valence-corrected chi connectivity index (χ2v) is 5.52. The van der Waals surface area contributed by atoms with Gasteiger partial charge in [0.15, 0.2) is 0 Å². The van der Waals surface area contributed by atoms with Crippen LogP contribution >= 0.6 is 0 Å². The zero-order valence-corrected chi connectivity index (χ0v) is 14.1. The average Bonchev–Trinajstić information content (AvgIpc) is 3.13. The number of carbonyl (C=O) groups excluding carboxylic acids is 2. The van der Waals surface area contributed by atoms with Gasteiger partial charge in [-0.05, 0) is 49.4 Å². The number of carbonyl (C=O) groups is 2. The SMILES string of the molecule is CCNC(=O)c1cccc(NC(=O)c2cncn2-c2ccc(F)cc2)c1. The lowest BCUT2D eigenvalue weighted by Crippen LogP contribution is -2.23. The highest BCUT2D eigenvalue weighted by Crippen LogP contribution is 2.15. The van der Waals surface area contributed by atoms with Crippen LogP contribution in [0.1, 0.15) is 27.8 Å². The smallest absolute Gasteiger partial charge is 0.274 e. The van der Waals surface area contributed by atoms with Crippen LogP contribution in [0.25, 0.3) is 5.69 Å². The molecule has 132 valence electrons. The van der Waals surface area contributed by atoms with Crippen LogP contribution in [0, 0.1) is 5.82 Å². The standard InChI is InChI=1S/C19H17FN4O2/c1-2-22-18(25)13-4-3-5-15(10-13)23-19(26)17-11-21-12-24(17)16-8-6-14(20)7-9-16/h3-12H,2H2,1H3,(H,22,25)(H,23,26). The van der Waals surface area contributed by atoms with E-state index in [-0.39, 0.29) is 17.6 Å². The van der Waals surface area contributed by atoms with Gasteiger partial charge in [-0.1, -0.05) is 6.07 Å². The van der Waals surface area contributed by atoms with Crippen molar-refractivity contribution in [3.8, 4) is 5.69 Å². The van der Waals surface area contributed by atoms with E-state index >= 15 is 0 Å². The number of imidazole rings is 1. The minimum absolute atomic E-state index is 0.208. The number of benzene rings is 2. The molecule has 0 radical (unpaired) electrons. The highest BCUT2D eigenvalue weighted by molar-refractivity contribution is 6.04. The Hall–Kier alpha value is -3.48. The minimum atomic E-state index is -0.389. The number of nitrogens with one attached hydrogen (secondary N) is 2. The molecule has 0 fully saturated rings. The molecule has 2 aromatic carbocycles. The van der Waals surface area contributed by atoms with Gasteiger partial charge in [0.25, 0.3) is 11.8 Å². The van der Waals surface area contributed by atoms with Crippen LogP contribution in [0.2, 0.25) is 0 Å². The first-order chi connectivity index (χ1) is 12.6. The van der Waals surface area contributed by atoms with E-state index in [0.717, 1.165) is 0 Å². The fourth-order valence-corrected chi connectivity index (χ4v) is 2.47. The van der Waals surface area contributed by atoms with Gasteiger partial charge in [-0.25, -0.2) is 9.37 Å². The molecule has 2 N–H and O–H groups in total. The van der Waals surface area contributed by atoms with Gasteiger partial charge >= 0.3 is 0 Å². The maximum Gasteiger partial charge on any atom is 0.274 e. The molecule has 0 saturated carbocycles. The minimum Gasteiger partial charge on any atom is -0.352 e. The normalized spacial score (nSPS) is 10.4. The van der Waals surface area contributed by atoms with Gasteiger partial charge in [0.1, 0.15) is 11.5 Å². The Labute approximate surface area is 149 Å². The van der Waals surface area contributed by atoms with E-state index in [4.69, 9.17) is 0 Å². The monoisotopic (exact) mass is 352 g/mol. The molecule has 0 spiro atoms. The second-order valence-electron chi connectivity index (χ2n) is 5.52. The molecule has 0 aliphatic rings.